The summed E-state index contributed by atoms with van der Waals surface area (Å²) in [5.41, 5.74) is 0.454. The zero-order chi connectivity index (χ0) is 16.1. The van der Waals surface area contributed by atoms with E-state index >= 15 is 0 Å². The van der Waals surface area contributed by atoms with Crippen LogP contribution in [0.4, 0.5) is 11.5 Å². The first-order valence-electron chi connectivity index (χ1n) is 7.22. The number of aryl methyl sites for hydroxylation is 2. The SMILES string of the molecule is Cc1nn(C)c(NCCCN2C=CN(CCO)C2)c1[N+](=O)[O-]. The highest BCUT2D eigenvalue weighted by Gasteiger charge is 2.23. The monoisotopic (exact) mass is 310 g/mol. The van der Waals surface area contributed by atoms with E-state index in [0.717, 1.165) is 19.6 Å². The van der Waals surface area contributed by atoms with Gasteiger partial charge in [-0.1, -0.05) is 0 Å². The molecule has 0 fully saturated rings. The first-order chi connectivity index (χ1) is 10.5. The van der Waals surface area contributed by atoms with Crippen molar-refractivity contribution in [2.24, 2.45) is 7.05 Å². The van der Waals surface area contributed by atoms with E-state index in [-0.39, 0.29) is 12.3 Å². The van der Waals surface area contributed by atoms with Crippen LogP contribution in [-0.4, -0.2) is 62.5 Å². The van der Waals surface area contributed by atoms with Crippen LogP contribution in [0, 0.1) is 17.0 Å². The van der Waals surface area contributed by atoms with Crippen LogP contribution in [0.25, 0.3) is 0 Å². The minimum absolute atomic E-state index is 0.0395. The highest BCUT2D eigenvalue weighted by atomic mass is 16.6. The van der Waals surface area contributed by atoms with Gasteiger partial charge < -0.3 is 20.2 Å². The molecule has 9 heteroatoms. The Labute approximate surface area is 129 Å². The summed E-state index contributed by atoms with van der Waals surface area (Å²) < 4.78 is 1.51. The van der Waals surface area contributed by atoms with Crippen LogP contribution >= 0.6 is 0 Å². The van der Waals surface area contributed by atoms with E-state index in [1.807, 2.05) is 17.3 Å². The number of nitro groups is 1. The third-order valence-electron chi connectivity index (χ3n) is 3.53. The fourth-order valence-corrected chi connectivity index (χ4v) is 2.49. The molecule has 1 aromatic heterocycles. The molecule has 0 aromatic carbocycles. The molecular formula is C13H22N6O3. The Kier molecular flexibility index (Phi) is 5.21. The number of aromatic nitrogens is 2. The molecule has 1 aliphatic heterocycles. The van der Waals surface area contributed by atoms with E-state index < -0.39 is 4.92 Å². The van der Waals surface area contributed by atoms with Gasteiger partial charge >= 0.3 is 5.69 Å². The van der Waals surface area contributed by atoms with Gasteiger partial charge in [-0.2, -0.15) is 5.10 Å². The van der Waals surface area contributed by atoms with E-state index in [1.54, 1.807) is 14.0 Å². The predicted octanol–water partition coefficient (Wildman–Crippen LogP) is 0.477. The van der Waals surface area contributed by atoms with Crippen molar-refractivity contribution in [2.45, 2.75) is 13.3 Å². The van der Waals surface area contributed by atoms with Gasteiger partial charge in [0.05, 0.1) is 18.2 Å². The predicted molar refractivity (Wildman–Crippen MR) is 82.2 cm³/mol. The van der Waals surface area contributed by atoms with Crippen molar-refractivity contribution < 1.29 is 10.0 Å². The van der Waals surface area contributed by atoms with Crippen LogP contribution in [0.5, 0.6) is 0 Å². The van der Waals surface area contributed by atoms with Crippen molar-refractivity contribution >= 4 is 11.5 Å². The van der Waals surface area contributed by atoms with Gasteiger partial charge in [-0.25, -0.2) is 4.68 Å². The molecule has 0 bridgehead atoms. The van der Waals surface area contributed by atoms with Gasteiger partial charge in [-0.05, 0) is 13.3 Å². The minimum Gasteiger partial charge on any atom is -0.395 e. The standard InChI is InChI=1S/C13H22N6O3/c1-11-12(19(21)22)13(16(2)15-11)14-4-3-5-17-6-7-18(10-17)8-9-20/h6-7,14,20H,3-5,8-10H2,1-2H3. The third kappa shape index (κ3) is 3.67. The van der Waals surface area contributed by atoms with Gasteiger partial charge in [0.2, 0.25) is 5.82 Å². The molecule has 0 amide bonds. The maximum Gasteiger partial charge on any atom is 0.333 e. The molecule has 22 heavy (non-hydrogen) atoms. The van der Waals surface area contributed by atoms with Crippen molar-refractivity contribution in [3.63, 3.8) is 0 Å². The third-order valence-corrected chi connectivity index (χ3v) is 3.53. The normalized spacial score (nSPS) is 14.0. The maximum absolute atomic E-state index is 11.1. The van der Waals surface area contributed by atoms with Crippen LogP contribution in [0.1, 0.15) is 12.1 Å². The topological polar surface area (TPSA) is 99.7 Å². The van der Waals surface area contributed by atoms with Crippen molar-refractivity contribution in [1.82, 2.24) is 19.6 Å². The highest BCUT2D eigenvalue weighted by Crippen LogP contribution is 2.27. The van der Waals surface area contributed by atoms with E-state index in [0.29, 0.717) is 24.6 Å². The minimum atomic E-state index is -0.402. The molecule has 0 spiro atoms. The lowest BCUT2D eigenvalue weighted by molar-refractivity contribution is -0.384. The number of hydrogen-bond donors (Lipinski definition) is 2. The molecule has 0 unspecified atom stereocenters. The molecule has 9 nitrogen and oxygen atoms in total. The summed E-state index contributed by atoms with van der Waals surface area (Å²) in [6.45, 7) is 4.65. The smallest absolute Gasteiger partial charge is 0.333 e. The number of β-amino-alcohol motifs (C(OH)–C–C–N with tert-alkyl or cyclic N) is 1. The fourth-order valence-electron chi connectivity index (χ4n) is 2.49. The second-order valence-electron chi connectivity index (χ2n) is 5.23. The van der Waals surface area contributed by atoms with Gasteiger partial charge in [0.25, 0.3) is 0 Å². The average molecular weight is 310 g/mol. The lowest BCUT2D eigenvalue weighted by Crippen LogP contribution is -2.28. The van der Waals surface area contributed by atoms with Crippen molar-refractivity contribution in [3.05, 3.63) is 28.2 Å². The zero-order valence-corrected chi connectivity index (χ0v) is 12.9. The quantitative estimate of drug-likeness (QED) is 0.409. The largest absolute Gasteiger partial charge is 0.395 e. The van der Waals surface area contributed by atoms with Crippen LogP contribution in [0.15, 0.2) is 12.4 Å². The average Bonchev–Trinajstić information content (AvgIpc) is 3.00. The molecule has 0 atom stereocenters. The molecule has 0 saturated heterocycles. The number of nitrogens with zero attached hydrogens (tertiary/aromatic N) is 5. The molecule has 2 heterocycles. The number of aliphatic hydroxyl groups is 1. The molecular weight excluding hydrogens is 288 g/mol. The Morgan fingerprint density at radius 2 is 2.09 bits per heavy atom. The molecule has 0 radical (unpaired) electrons. The van der Waals surface area contributed by atoms with Crippen molar-refractivity contribution in [1.29, 1.82) is 0 Å². The van der Waals surface area contributed by atoms with Gasteiger partial charge in [0, 0.05) is 39.1 Å². The molecule has 1 aromatic rings. The Morgan fingerprint density at radius 1 is 1.41 bits per heavy atom. The first-order valence-corrected chi connectivity index (χ1v) is 7.22. The Bertz CT molecular complexity index is 556. The Hall–Kier alpha value is -2.29. The second kappa shape index (κ2) is 7.12. The van der Waals surface area contributed by atoms with Gasteiger partial charge in [-0.15, -0.1) is 0 Å². The van der Waals surface area contributed by atoms with Crippen LogP contribution in [0.2, 0.25) is 0 Å². The lowest BCUT2D eigenvalue weighted by atomic mass is 10.3. The zero-order valence-electron chi connectivity index (χ0n) is 12.9. The van der Waals surface area contributed by atoms with Gasteiger partial charge in [-0.3, -0.25) is 10.1 Å². The molecule has 0 aliphatic carbocycles. The van der Waals surface area contributed by atoms with Crippen molar-refractivity contribution in [2.75, 3.05) is 38.2 Å². The van der Waals surface area contributed by atoms with E-state index in [9.17, 15) is 10.1 Å². The lowest BCUT2D eigenvalue weighted by Gasteiger charge is -2.20. The number of rotatable bonds is 8. The number of anilines is 1. The molecule has 0 saturated carbocycles. The molecule has 122 valence electrons. The fraction of sp³-hybridized carbons (Fsp3) is 0.615. The highest BCUT2D eigenvalue weighted by molar-refractivity contribution is 5.59. The number of nitrogens with one attached hydrogen (secondary N) is 1. The Balaban J connectivity index is 1.78. The summed E-state index contributed by atoms with van der Waals surface area (Å²) >= 11 is 0. The molecule has 2 N–H and O–H groups in total. The van der Waals surface area contributed by atoms with E-state index in [1.165, 1.54) is 4.68 Å². The summed E-state index contributed by atoms with van der Waals surface area (Å²) in [6, 6.07) is 0. The maximum atomic E-state index is 11.1. The summed E-state index contributed by atoms with van der Waals surface area (Å²) in [5.74, 6) is 0.446. The Morgan fingerprint density at radius 3 is 2.73 bits per heavy atom. The summed E-state index contributed by atoms with van der Waals surface area (Å²) in [7, 11) is 1.69. The molecule has 2 rings (SSSR count). The number of hydrogen-bond acceptors (Lipinski definition) is 7. The van der Waals surface area contributed by atoms with Gasteiger partial charge in [0.15, 0.2) is 0 Å². The van der Waals surface area contributed by atoms with Gasteiger partial charge in [0.1, 0.15) is 5.69 Å². The van der Waals surface area contributed by atoms with Crippen LogP contribution in [0.3, 0.4) is 0 Å². The summed E-state index contributed by atoms with van der Waals surface area (Å²) in [6.07, 6.45) is 4.80. The van der Waals surface area contributed by atoms with Crippen molar-refractivity contribution in [3.8, 4) is 0 Å². The van der Waals surface area contributed by atoms with E-state index in [4.69, 9.17) is 5.11 Å². The summed E-state index contributed by atoms with van der Waals surface area (Å²) in [4.78, 5) is 14.8. The first kappa shape index (κ1) is 16.1. The van der Waals surface area contributed by atoms with Crippen LogP contribution in [-0.2, 0) is 7.05 Å². The molecule has 1 aliphatic rings. The summed E-state index contributed by atoms with van der Waals surface area (Å²) in [5, 5.41) is 27.1. The second-order valence-corrected chi connectivity index (χ2v) is 5.23. The van der Waals surface area contributed by atoms with E-state index in [2.05, 4.69) is 15.3 Å². The number of aliphatic hydroxyl groups excluding tert-OH is 1. The van der Waals surface area contributed by atoms with Crippen LogP contribution < -0.4 is 5.32 Å².